The molecule has 2 aromatic rings. The SMILES string of the molecule is CCCOc1cc(-n2c(Cl)c(C(C)(C)C)oc2=O)c(F)cc1Cl. The Balaban J connectivity index is 2.63. The van der Waals surface area contributed by atoms with Crippen molar-refractivity contribution in [2.75, 3.05) is 6.61 Å². The minimum Gasteiger partial charge on any atom is -0.492 e. The Hall–Kier alpha value is -1.46. The van der Waals surface area contributed by atoms with Crippen LogP contribution in [-0.2, 0) is 5.41 Å². The maximum absolute atomic E-state index is 14.3. The largest absolute Gasteiger partial charge is 0.492 e. The van der Waals surface area contributed by atoms with E-state index in [1.165, 1.54) is 6.07 Å². The van der Waals surface area contributed by atoms with Crippen molar-refractivity contribution in [1.29, 1.82) is 0 Å². The molecule has 0 N–H and O–H groups in total. The van der Waals surface area contributed by atoms with Gasteiger partial charge in [-0.25, -0.2) is 13.8 Å². The summed E-state index contributed by atoms with van der Waals surface area (Å²) in [7, 11) is 0. The summed E-state index contributed by atoms with van der Waals surface area (Å²) >= 11 is 12.2. The molecule has 0 bridgehead atoms. The lowest BCUT2D eigenvalue weighted by atomic mass is 9.94. The quantitative estimate of drug-likeness (QED) is 0.772. The summed E-state index contributed by atoms with van der Waals surface area (Å²) in [5, 5.41) is 0.161. The third-order valence-corrected chi connectivity index (χ3v) is 3.78. The molecule has 23 heavy (non-hydrogen) atoms. The number of aromatic nitrogens is 1. The molecule has 1 aromatic heterocycles. The Bertz CT molecular complexity index is 775. The number of oxazole rings is 1. The number of ether oxygens (including phenoxy) is 1. The number of hydrogen-bond acceptors (Lipinski definition) is 3. The number of nitrogens with zero attached hydrogens (tertiary/aromatic N) is 1. The molecule has 126 valence electrons. The second kappa shape index (κ2) is 6.57. The van der Waals surface area contributed by atoms with E-state index in [0.29, 0.717) is 6.61 Å². The van der Waals surface area contributed by atoms with E-state index in [1.54, 1.807) is 0 Å². The first-order chi connectivity index (χ1) is 10.7. The van der Waals surface area contributed by atoms with Gasteiger partial charge in [-0.2, -0.15) is 0 Å². The fourth-order valence-electron chi connectivity index (χ4n) is 2.04. The molecular formula is C16H18Cl2FNO3. The van der Waals surface area contributed by atoms with Crippen molar-refractivity contribution in [2.24, 2.45) is 0 Å². The predicted octanol–water partition coefficient (Wildman–Crippen LogP) is 4.96. The van der Waals surface area contributed by atoms with E-state index < -0.39 is 17.0 Å². The molecule has 0 radical (unpaired) electrons. The summed E-state index contributed by atoms with van der Waals surface area (Å²) in [6, 6.07) is 2.44. The molecule has 0 saturated carbocycles. The summed E-state index contributed by atoms with van der Waals surface area (Å²) in [6.07, 6.45) is 0.767. The number of halogens is 3. The molecule has 0 fully saturated rings. The fourth-order valence-corrected chi connectivity index (χ4v) is 2.72. The monoisotopic (exact) mass is 361 g/mol. The average molecular weight is 362 g/mol. The highest BCUT2D eigenvalue weighted by molar-refractivity contribution is 6.32. The fraction of sp³-hybridized carbons (Fsp3) is 0.438. The van der Waals surface area contributed by atoms with Crippen LogP contribution < -0.4 is 10.5 Å². The number of rotatable bonds is 4. The molecular weight excluding hydrogens is 344 g/mol. The second-order valence-corrected chi connectivity index (χ2v) is 6.92. The van der Waals surface area contributed by atoms with Gasteiger partial charge in [0, 0.05) is 11.5 Å². The molecule has 0 aliphatic heterocycles. The highest BCUT2D eigenvalue weighted by atomic mass is 35.5. The Morgan fingerprint density at radius 2 is 1.96 bits per heavy atom. The predicted molar refractivity (Wildman–Crippen MR) is 88.8 cm³/mol. The van der Waals surface area contributed by atoms with Crippen LogP contribution in [0.4, 0.5) is 4.39 Å². The van der Waals surface area contributed by atoms with Crippen LogP contribution in [0.3, 0.4) is 0 Å². The van der Waals surface area contributed by atoms with E-state index in [9.17, 15) is 9.18 Å². The smallest absolute Gasteiger partial charge is 0.425 e. The van der Waals surface area contributed by atoms with Gasteiger partial charge < -0.3 is 9.15 Å². The Labute approximate surface area is 143 Å². The van der Waals surface area contributed by atoms with E-state index in [2.05, 4.69) is 0 Å². The summed E-state index contributed by atoms with van der Waals surface area (Å²) in [6.45, 7) is 7.89. The van der Waals surface area contributed by atoms with Crippen molar-refractivity contribution in [3.05, 3.63) is 44.4 Å². The molecule has 0 amide bonds. The van der Waals surface area contributed by atoms with Gasteiger partial charge in [0.15, 0.2) is 10.9 Å². The third-order valence-electron chi connectivity index (χ3n) is 3.14. The zero-order chi connectivity index (χ0) is 17.4. The van der Waals surface area contributed by atoms with Crippen LogP contribution in [0.25, 0.3) is 5.69 Å². The van der Waals surface area contributed by atoms with E-state index in [1.807, 2.05) is 27.7 Å². The van der Waals surface area contributed by atoms with E-state index in [4.69, 9.17) is 32.4 Å². The molecule has 1 aromatic carbocycles. The van der Waals surface area contributed by atoms with Crippen molar-refractivity contribution in [3.63, 3.8) is 0 Å². The standard InChI is InChI=1S/C16H18Cl2FNO3/c1-5-6-22-12-8-11(10(19)7-9(12)17)20-14(18)13(16(2,3)4)23-15(20)21/h7-8H,5-6H2,1-4H3. The maximum Gasteiger partial charge on any atom is 0.425 e. The van der Waals surface area contributed by atoms with Crippen molar-refractivity contribution in [2.45, 2.75) is 39.5 Å². The summed E-state index contributed by atoms with van der Waals surface area (Å²) in [5.41, 5.74) is -0.555. The molecule has 7 heteroatoms. The van der Waals surface area contributed by atoms with E-state index in [0.717, 1.165) is 17.1 Å². The lowest BCUT2D eigenvalue weighted by Gasteiger charge is -2.15. The molecule has 0 aliphatic carbocycles. The summed E-state index contributed by atoms with van der Waals surface area (Å²) in [4.78, 5) is 12.1. The van der Waals surface area contributed by atoms with E-state index >= 15 is 0 Å². The minimum absolute atomic E-state index is 0.0326. The zero-order valence-electron chi connectivity index (χ0n) is 13.4. The van der Waals surface area contributed by atoms with Crippen LogP contribution in [-0.4, -0.2) is 11.2 Å². The molecule has 2 rings (SSSR count). The first kappa shape index (κ1) is 17.9. The highest BCUT2D eigenvalue weighted by Gasteiger charge is 2.28. The maximum atomic E-state index is 14.3. The summed E-state index contributed by atoms with van der Waals surface area (Å²) < 4.78 is 26.0. The summed E-state index contributed by atoms with van der Waals surface area (Å²) in [5.74, 6) is -0.882. The number of hydrogen-bond donors (Lipinski definition) is 0. The first-order valence-corrected chi connectivity index (χ1v) is 7.96. The van der Waals surface area contributed by atoms with Gasteiger partial charge in [0.25, 0.3) is 0 Å². The third kappa shape index (κ3) is 3.56. The van der Waals surface area contributed by atoms with Gasteiger partial charge in [0.2, 0.25) is 0 Å². The Morgan fingerprint density at radius 3 is 2.48 bits per heavy atom. The molecule has 0 atom stereocenters. The van der Waals surface area contributed by atoms with Gasteiger partial charge >= 0.3 is 5.76 Å². The second-order valence-electron chi connectivity index (χ2n) is 6.16. The van der Waals surface area contributed by atoms with Crippen molar-refractivity contribution >= 4 is 23.2 Å². The minimum atomic E-state index is -0.761. The molecule has 1 heterocycles. The van der Waals surface area contributed by atoms with Crippen molar-refractivity contribution in [3.8, 4) is 11.4 Å². The van der Waals surface area contributed by atoms with Gasteiger partial charge in [-0.1, -0.05) is 50.9 Å². The first-order valence-electron chi connectivity index (χ1n) is 7.20. The van der Waals surface area contributed by atoms with Gasteiger partial charge in [0.05, 0.1) is 17.3 Å². The lowest BCUT2D eigenvalue weighted by molar-refractivity contribution is 0.317. The Morgan fingerprint density at radius 1 is 1.30 bits per heavy atom. The van der Waals surface area contributed by atoms with Crippen molar-refractivity contribution < 1.29 is 13.5 Å². The molecule has 0 spiro atoms. The van der Waals surface area contributed by atoms with Gasteiger partial charge in [-0.15, -0.1) is 0 Å². The normalized spacial score (nSPS) is 11.8. The highest BCUT2D eigenvalue weighted by Crippen LogP contribution is 2.34. The zero-order valence-corrected chi connectivity index (χ0v) is 14.9. The van der Waals surface area contributed by atoms with Gasteiger partial charge in [-0.3, -0.25) is 0 Å². The Kier molecular flexibility index (Phi) is 5.11. The van der Waals surface area contributed by atoms with Crippen LogP contribution in [0.15, 0.2) is 21.3 Å². The average Bonchev–Trinajstić information content (AvgIpc) is 2.74. The molecule has 0 aliphatic rings. The molecule has 4 nitrogen and oxygen atoms in total. The van der Waals surface area contributed by atoms with Gasteiger partial charge in [0.1, 0.15) is 11.6 Å². The van der Waals surface area contributed by atoms with Crippen molar-refractivity contribution in [1.82, 2.24) is 4.57 Å². The topological polar surface area (TPSA) is 44.4 Å². The van der Waals surface area contributed by atoms with Crippen LogP contribution in [0.2, 0.25) is 10.2 Å². The molecule has 0 saturated heterocycles. The van der Waals surface area contributed by atoms with Crippen LogP contribution in [0, 0.1) is 5.82 Å². The van der Waals surface area contributed by atoms with Crippen LogP contribution in [0.5, 0.6) is 5.75 Å². The van der Waals surface area contributed by atoms with Crippen LogP contribution in [0.1, 0.15) is 39.9 Å². The number of benzene rings is 1. The van der Waals surface area contributed by atoms with E-state index in [-0.39, 0.29) is 27.4 Å². The van der Waals surface area contributed by atoms with Gasteiger partial charge in [-0.05, 0) is 12.5 Å². The van der Waals surface area contributed by atoms with Crippen LogP contribution >= 0.6 is 23.2 Å². The lowest BCUT2D eigenvalue weighted by Crippen LogP contribution is -2.14. The molecule has 0 unspecified atom stereocenters.